The number of amides is 1. The first-order chi connectivity index (χ1) is 9.64. The fraction of sp³-hybridized carbons (Fsp3) is 0.455. The number of hydrogen-bond donors (Lipinski definition) is 3. The molecule has 21 heavy (non-hydrogen) atoms. The monoisotopic (exact) mass is 317 g/mol. The van der Waals surface area contributed by atoms with Crippen molar-refractivity contribution in [3.05, 3.63) is 18.0 Å². The second-order valence-electron chi connectivity index (χ2n) is 4.85. The van der Waals surface area contributed by atoms with Crippen LogP contribution < -0.4 is 5.73 Å². The van der Waals surface area contributed by atoms with Crippen LogP contribution in [0.25, 0.3) is 0 Å². The maximum absolute atomic E-state index is 12.5. The van der Waals surface area contributed by atoms with Crippen LogP contribution in [0, 0.1) is 0 Å². The van der Waals surface area contributed by atoms with E-state index in [0.717, 1.165) is 10.4 Å². The number of carboxylic acid groups (broad SMARTS) is 1. The van der Waals surface area contributed by atoms with Crippen LogP contribution in [0.3, 0.4) is 0 Å². The summed E-state index contributed by atoms with van der Waals surface area (Å²) in [5.74, 6) is -2.13. The van der Waals surface area contributed by atoms with E-state index in [2.05, 4.69) is 0 Å². The molecule has 0 unspecified atom stereocenters. The zero-order valence-electron chi connectivity index (χ0n) is 11.1. The number of primary amides is 1. The molecular formula is C11H15N3O6S. The molecule has 0 aromatic carbocycles. The summed E-state index contributed by atoms with van der Waals surface area (Å²) in [7, 11) is -2.69. The molecule has 1 fully saturated rings. The maximum atomic E-state index is 12.5. The number of carbonyl (C=O) groups is 2. The number of rotatable bonds is 4. The summed E-state index contributed by atoms with van der Waals surface area (Å²) in [6, 6.07) is -0.247. The van der Waals surface area contributed by atoms with Crippen molar-refractivity contribution in [3.63, 3.8) is 0 Å². The lowest BCUT2D eigenvalue weighted by Gasteiger charge is -2.19. The standard InChI is InChI=1S/C11H15N3O6S/c1-13-5-7(3-8(13)10(12)16)21(19,20)14-4-6(15)2-9(14)11(17)18/h3,5-6,9,15H,2,4H2,1H3,(H2,12,16)(H,17,18)/t6-,9-/m1/s1. The van der Waals surface area contributed by atoms with Crippen LogP contribution in [0.4, 0.5) is 0 Å². The third-order valence-electron chi connectivity index (χ3n) is 3.36. The highest BCUT2D eigenvalue weighted by molar-refractivity contribution is 7.89. The van der Waals surface area contributed by atoms with Crippen LogP contribution in [-0.2, 0) is 21.9 Å². The lowest BCUT2D eigenvalue weighted by atomic mass is 10.2. The second kappa shape index (κ2) is 5.13. The topological polar surface area (TPSA) is 143 Å². The van der Waals surface area contributed by atoms with E-state index in [0.29, 0.717) is 0 Å². The van der Waals surface area contributed by atoms with Gasteiger partial charge in [0.1, 0.15) is 16.6 Å². The Bertz CT molecular complexity index is 695. The van der Waals surface area contributed by atoms with Crippen LogP contribution in [0.2, 0.25) is 0 Å². The quantitative estimate of drug-likeness (QED) is 0.606. The lowest BCUT2D eigenvalue weighted by Crippen LogP contribution is -2.40. The van der Waals surface area contributed by atoms with E-state index in [1.807, 2.05) is 0 Å². The maximum Gasteiger partial charge on any atom is 0.322 e. The van der Waals surface area contributed by atoms with Gasteiger partial charge in [0.05, 0.1) is 6.10 Å². The Morgan fingerprint density at radius 1 is 1.43 bits per heavy atom. The fourth-order valence-corrected chi connectivity index (χ4v) is 4.03. The Labute approximate surface area is 120 Å². The molecule has 0 aliphatic carbocycles. The molecule has 1 amide bonds. The Balaban J connectivity index is 2.44. The van der Waals surface area contributed by atoms with Gasteiger partial charge in [0.2, 0.25) is 10.0 Å². The molecule has 1 saturated heterocycles. The number of aliphatic carboxylic acids is 1. The van der Waals surface area contributed by atoms with Crippen LogP contribution >= 0.6 is 0 Å². The average molecular weight is 317 g/mol. The number of aliphatic hydroxyl groups is 1. The molecule has 4 N–H and O–H groups in total. The molecule has 2 rings (SSSR count). The van der Waals surface area contributed by atoms with Crippen molar-refractivity contribution in [2.24, 2.45) is 12.8 Å². The highest BCUT2D eigenvalue weighted by atomic mass is 32.2. The second-order valence-corrected chi connectivity index (χ2v) is 6.75. The van der Waals surface area contributed by atoms with E-state index < -0.39 is 34.0 Å². The zero-order valence-corrected chi connectivity index (χ0v) is 11.9. The van der Waals surface area contributed by atoms with Gasteiger partial charge in [-0.2, -0.15) is 4.31 Å². The summed E-state index contributed by atoms with van der Waals surface area (Å²) in [5.41, 5.74) is 5.11. The minimum Gasteiger partial charge on any atom is -0.480 e. The molecule has 0 radical (unpaired) electrons. The SMILES string of the molecule is Cn1cc(S(=O)(=O)N2C[C@H](O)C[C@@H]2C(=O)O)cc1C(N)=O. The number of aryl methyl sites for hydroxylation is 1. The van der Waals surface area contributed by atoms with Crippen molar-refractivity contribution in [1.82, 2.24) is 8.87 Å². The molecule has 1 aromatic heterocycles. The number of aliphatic hydroxyl groups excluding tert-OH is 1. The zero-order chi connectivity index (χ0) is 15.9. The van der Waals surface area contributed by atoms with Gasteiger partial charge >= 0.3 is 5.97 Å². The number of β-amino-alcohol motifs (C(OH)–C–C–N with tert-alkyl or cyclic N) is 1. The molecule has 10 heteroatoms. The average Bonchev–Trinajstić information content (AvgIpc) is 2.93. The first-order valence-corrected chi connectivity index (χ1v) is 7.47. The van der Waals surface area contributed by atoms with E-state index in [-0.39, 0.29) is 23.6 Å². The van der Waals surface area contributed by atoms with Crippen molar-refractivity contribution in [1.29, 1.82) is 0 Å². The number of hydrogen-bond acceptors (Lipinski definition) is 5. The van der Waals surface area contributed by atoms with Gasteiger partial charge < -0.3 is 20.5 Å². The number of nitrogens with two attached hydrogens (primary N) is 1. The third-order valence-corrected chi connectivity index (χ3v) is 5.20. The summed E-state index contributed by atoms with van der Waals surface area (Å²) >= 11 is 0. The van der Waals surface area contributed by atoms with Gasteiger partial charge in [-0.1, -0.05) is 0 Å². The van der Waals surface area contributed by atoms with Crippen molar-refractivity contribution in [3.8, 4) is 0 Å². The molecule has 0 spiro atoms. The largest absolute Gasteiger partial charge is 0.480 e. The molecule has 0 bridgehead atoms. The third kappa shape index (κ3) is 2.64. The van der Waals surface area contributed by atoms with Crippen molar-refractivity contribution >= 4 is 21.9 Å². The van der Waals surface area contributed by atoms with Crippen LogP contribution in [0.15, 0.2) is 17.2 Å². The van der Waals surface area contributed by atoms with Crippen molar-refractivity contribution < 1.29 is 28.2 Å². The molecular weight excluding hydrogens is 302 g/mol. The number of carbonyl (C=O) groups excluding carboxylic acids is 1. The molecule has 1 aliphatic heterocycles. The van der Waals surface area contributed by atoms with Gasteiger partial charge in [0.25, 0.3) is 5.91 Å². The molecule has 2 heterocycles. The van der Waals surface area contributed by atoms with Gasteiger partial charge in [0.15, 0.2) is 0 Å². The molecule has 9 nitrogen and oxygen atoms in total. The Morgan fingerprint density at radius 2 is 2.05 bits per heavy atom. The highest BCUT2D eigenvalue weighted by Gasteiger charge is 2.44. The first-order valence-electron chi connectivity index (χ1n) is 6.03. The predicted molar refractivity (Wildman–Crippen MR) is 69.9 cm³/mol. The van der Waals surface area contributed by atoms with E-state index in [1.165, 1.54) is 17.8 Å². The van der Waals surface area contributed by atoms with Gasteiger partial charge in [-0.25, -0.2) is 8.42 Å². The van der Waals surface area contributed by atoms with Gasteiger partial charge in [-0.05, 0) is 6.07 Å². The molecule has 116 valence electrons. The lowest BCUT2D eigenvalue weighted by molar-refractivity contribution is -0.140. The highest BCUT2D eigenvalue weighted by Crippen LogP contribution is 2.27. The molecule has 1 aliphatic rings. The smallest absolute Gasteiger partial charge is 0.322 e. The normalized spacial score (nSPS) is 23.3. The van der Waals surface area contributed by atoms with Gasteiger partial charge in [-0.15, -0.1) is 0 Å². The predicted octanol–water partition coefficient (Wildman–Crippen LogP) is -1.67. The van der Waals surface area contributed by atoms with E-state index in [1.54, 1.807) is 0 Å². The Morgan fingerprint density at radius 3 is 2.52 bits per heavy atom. The van der Waals surface area contributed by atoms with Crippen molar-refractivity contribution in [2.75, 3.05) is 6.54 Å². The van der Waals surface area contributed by atoms with E-state index in [9.17, 15) is 23.1 Å². The summed E-state index contributed by atoms with van der Waals surface area (Å²) in [6.07, 6.45) is -0.0384. The number of sulfonamides is 1. The fourth-order valence-electron chi connectivity index (χ4n) is 2.33. The molecule has 0 saturated carbocycles. The van der Waals surface area contributed by atoms with Crippen molar-refractivity contribution in [2.45, 2.75) is 23.5 Å². The minimum atomic E-state index is -4.14. The Hall–Kier alpha value is -1.91. The summed E-state index contributed by atoms with van der Waals surface area (Å²) in [6.45, 7) is -0.305. The molecule has 2 atom stereocenters. The summed E-state index contributed by atoms with van der Waals surface area (Å²) in [5, 5.41) is 18.6. The Kier molecular flexibility index (Phi) is 3.78. The first kappa shape index (κ1) is 15.5. The summed E-state index contributed by atoms with van der Waals surface area (Å²) in [4.78, 5) is 22.0. The van der Waals surface area contributed by atoms with Crippen LogP contribution in [-0.4, -0.2) is 58.1 Å². The summed E-state index contributed by atoms with van der Waals surface area (Å²) < 4.78 is 26.9. The van der Waals surface area contributed by atoms with Gasteiger partial charge in [-0.3, -0.25) is 9.59 Å². The van der Waals surface area contributed by atoms with E-state index >= 15 is 0 Å². The minimum absolute atomic E-state index is 0.0137. The number of aromatic nitrogens is 1. The number of nitrogens with zero attached hydrogens (tertiary/aromatic N) is 2. The number of carboxylic acids is 1. The van der Waals surface area contributed by atoms with Gasteiger partial charge in [0, 0.05) is 26.2 Å². The van der Waals surface area contributed by atoms with E-state index in [4.69, 9.17) is 10.8 Å². The van der Waals surface area contributed by atoms with Crippen LogP contribution in [0.1, 0.15) is 16.9 Å². The van der Waals surface area contributed by atoms with Crippen LogP contribution in [0.5, 0.6) is 0 Å². The molecule has 1 aromatic rings.